The second kappa shape index (κ2) is 5.86. The summed E-state index contributed by atoms with van der Waals surface area (Å²) in [5, 5.41) is 0. The fourth-order valence-corrected chi connectivity index (χ4v) is 2.01. The van der Waals surface area contributed by atoms with Crippen molar-refractivity contribution in [3.05, 3.63) is 11.5 Å². The Morgan fingerprint density at radius 1 is 1.56 bits per heavy atom. The van der Waals surface area contributed by atoms with Crippen LogP contribution >= 0.6 is 11.8 Å². The van der Waals surface area contributed by atoms with Crippen LogP contribution < -0.4 is 5.73 Å². The zero-order chi connectivity index (χ0) is 12.1. The van der Waals surface area contributed by atoms with Crippen molar-refractivity contribution in [2.45, 2.75) is 32.7 Å². The molecule has 0 atom stereocenters. The molecule has 88 valence electrons. The van der Waals surface area contributed by atoms with Gasteiger partial charge >= 0.3 is 0 Å². The highest BCUT2D eigenvalue weighted by atomic mass is 32.2. The Hall–Kier alpha value is -1.08. The van der Waals surface area contributed by atoms with E-state index in [0.29, 0.717) is 12.5 Å². The zero-order valence-electron chi connectivity index (χ0n) is 10.2. The number of nitrogens with two attached hydrogens (primary N) is 1. The minimum absolute atomic E-state index is 0.346. The van der Waals surface area contributed by atoms with Crippen LogP contribution in [-0.4, -0.2) is 21.6 Å². The third kappa shape index (κ3) is 2.73. The molecule has 0 aromatic carbocycles. The summed E-state index contributed by atoms with van der Waals surface area (Å²) in [5.41, 5.74) is 7.04. The highest BCUT2D eigenvalue weighted by Gasteiger charge is 2.15. The molecular formula is C12H19N3S. The van der Waals surface area contributed by atoms with Crippen LogP contribution in [0.5, 0.6) is 0 Å². The van der Waals surface area contributed by atoms with Crippen molar-refractivity contribution in [2.24, 2.45) is 0 Å². The third-order valence-electron chi connectivity index (χ3n) is 2.42. The second-order valence-corrected chi connectivity index (χ2v) is 4.98. The molecule has 0 unspecified atom stereocenters. The van der Waals surface area contributed by atoms with Crippen LogP contribution in [0.25, 0.3) is 0 Å². The molecule has 1 aromatic rings. The lowest BCUT2D eigenvalue weighted by molar-refractivity contribution is 0.690. The minimum atomic E-state index is 0.346. The lowest BCUT2D eigenvalue weighted by Crippen LogP contribution is -2.07. The Kier molecular flexibility index (Phi) is 4.75. The smallest absolute Gasteiger partial charge is 0.127 e. The van der Waals surface area contributed by atoms with E-state index < -0.39 is 0 Å². The molecule has 0 fully saturated rings. The van der Waals surface area contributed by atoms with Gasteiger partial charge in [-0.25, -0.2) is 4.98 Å². The SMILES string of the molecule is C#CCn1c(C(C)C)nc(CCSC)c1N. The standard InChI is InChI=1S/C12H19N3S/c1-5-7-15-11(13)10(6-8-16-4)14-12(15)9(2)3/h1,9H,6-8,13H2,2-4H3. The fourth-order valence-electron chi connectivity index (χ4n) is 1.62. The number of rotatable bonds is 5. The second-order valence-electron chi connectivity index (χ2n) is 3.99. The van der Waals surface area contributed by atoms with Crippen molar-refractivity contribution in [2.75, 3.05) is 17.7 Å². The fraction of sp³-hybridized carbons (Fsp3) is 0.583. The van der Waals surface area contributed by atoms with Gasteiger partial charge in [-0.2, -0.15) is 11.8 Å². The number of thioether (sulfide) groups is 1. The largest absolute Gasteiger partial charge is 0.384 e. The number of hydrogen-bond acceptors (Lipinski definition) is 3. The summed E-state index contributed by atoms with van der Waals surface area (Å²) in [4.78, 5) is 4.59. The molecule has 1 rings (SSSR count). The Morgan fingerprint density at radius 2 is 2.25 bits per heavy atom. The van der Waals surface area contributed by atoms with Gasteiger partial charge in [0.25, 0.3) is 0 Å². The molecule has 4 heteroatoms. The normalized spacial score (nSPS) is 10.7. The van der Waals surface area contributed by atoms with E-state index in [-0.39, 0.29) is 0 Å². The van der Waals surface area contributed by atoms with Crippen molar-refractivity contribution in [1.29, 1.82) is 0 Å². The van der Waals surface area contributed by atoms with Crippen LogP contribution in [0.4, 0.5) is 5.82 Å². The number of hydrogen-bond donors (Lipinski definition) is 1. The van der Waals surface area contributed by atoms with Crippen LogP contribution in [-0.2, 0) is 13.0 Å². The van der Waals surface area contributed by atoms with E-state index in [1.54, 1.807) is 11.8 Å². The van der Waals surface area contributed by atoms with E-state index >= 15 is 0 Å². The summed E-state index contributed by atoms with van der Waals surface area (Å²) in [6, 6.07) is 0. The highest BCUT2D eigenvalue weighted by Crippen LogP contribution is 2.21. The topological polar surface area (TPSA) is 43.8 Å². The lowest BCUT2D eigenvalue weighted by atomic mass is 10.2. The van der Waals surface area contributed by atoms with E-state index in [9.17, 15) is 0 Å². The molecule has 0 spiro atoms. The van der Waals surface area contributed by atoms with E-state index in [1.807, 2.05) is 4.57 Å². The molecular weight excluding hydrogens is 218 g/mol. The summed E-state index contributed by atoms with van der Waals surface area (Å²) in [5.74, 6) is 5.73. The molecule has 0 amide bonds. The van der Waals surface area contributed by atoms with Gasteiger partial charge in [0.2, 0.25) is 0 Å². The van der Waals surface area contributed by atoms with Crippen molar-refractivity contribution in [1.82, 2.24) is 9.55 Å². The number of anilines is 1. The summed E-state index contributed by atoms with van der Waals surface area (Å²) in [7, 11) is 0. The number of imidazole rings is 1. The van der Waals surface area contributed by atoms with Crippen LogP contribution in [0.1, 0.15) is 31.3 Å². The lowest BCUT2D eigenvalue weighted by Gasteiger charge is -2.08. The molecule has 0 radical (unpaired) electrons. The van der Waals surface area contributed by atoms with Gasteiger partial charge in [-0.3, -0.25) is 0 Å². The van der Waals surface area contributed by atoms with Gasteiger partial charge in [-0.05, 0) is 12.0 Å². The van der Waals surface area contributed by atoms with Crippen molar-refractivity contribution < 1.29 is 0 Å². The number of terminal acetylenes is 1. The van der Waals surface area contributed by atoms with E-state index in [0.717, 1.165) is 29.5 Å². The predicted octanol–water partition coefficient (Wildman–Crippen LogP) is 2.13. The quantitative estimate of drug-likeness (QED) is 0.798. The first-order chi connectivity index (χ1) is 7.61. The first-order valence-electron chi connectivity index (χ1n) is 5.39. The van der Waals surface area contributed by atoms with Gasteiger partial charge < -0.3 is 10.3 Å². The molecule has 0 aliphatic heterocycles. The van der Waals surface area contributed by atoms with Crippen molar-refractivity contribution in [3.8, 4) is 12.3 Å². The van der Waals surface area contributed by atoms with E-state index in [2.05, 4.69) is 31.0 Å². The van der Waals surface area contributed by atoms with Crippen LogP contribution in [0, 0.1) is 12.3 Å². The number of nitrogen functional groups attached to an aromatic ring is 1. The zero-order valence-corrected chi connectivity index (χ0v) is 11.0. The molecule has 16 heavy (non-hydrogen) atoms. The number of aryl methyl sites for hydroxylation is 1. The van der Waals surface area contributed by atoms with E-state index in [1.165, 1.54) is 0 Å². The molecule has 0 aliphatic rings. The minimum Gasteiger partial charge on any atom is -0.384 e. The average molecular weight is 237 g/mol. The predicted molar refractivity (Wildman–Crippen MR) is 71.6 cm³/mol. The Morgan fingerprint density at radius 3 is 2.75 bits per heavy atom. The highest BCUT2D eigenvalue weighted by molar-refractivity contribution is 7.98. The van der Waals surface area contributed by atoms with Crippen LogP contribution in [0.15, 0.2) is 0 Å². The summed E-state index contributed by atoms with van der Waals surface area (Å²) in [6.45, 7) is 4.71. The molecule has 1 heterocycles. The molecule has 0 aliphatic carbocycles. The van der Waals surface area contributed by atoms with E-state index in [4.69, 9.17) is 12.2 Å². The molecule has 2 N–H and O–H groups in total. The molecule has 0 bridgehead atoms. The summed E-state index contributed by atoms with van der Waals surface area (Å²) in [6.07, 6.45) is 8.34. The van der Waals surface area contributed by atoms with Crippen molar-refractivity contribution in [3.63, 3.8) is 0 Å². The Bertz CT molecular complexity index is 388. The van der Waals surface area contributed by atoms with Gasteiger partial charge in [0.15, 0.2) is 0 Å². The molecule has 1 aromatic heterocycles. The average Bonchev–Trinajstić information content (AvgIpc) is 2.55. The maximum Gasteiger partial charge on any atom is 0.127 e. The van der Waals surface area contributed by atoms with Gasteiger partial charge in [-0.15, -0.1) is 6.42 Å². The van der Waals surface area contributed by atoms with Crippen LogP contribution in [0.2, 0.25) is 0 Å². The maximum absolute atomic E-state index is 6.06. The number of aromatic nitrogens is 2. The summed E-state index contributed by atoms with van der Waals surface area (Å²) >= 11 is 1.80. The Labute approximate surface area is 102 Å². The van der Waals surface area contributed by atoms with Crippen LogP contribution in [0.3, 0.4) is 0 Å². The van der Waals surface area contributed by atoms with Gasteiger partial charge in [0.05, 0.1) is 12.2 Å². The van der Waals surface area contributed by atoms with Gasteiger partial charge in [-0.1, -0.05) is 19.8 Å². The Balaban J connectivity index is 3.04. The molecule has 0 saturated carbocycles. The van der Waals surface area contributed by atoms with Crippen molar-refractivity contribution >= 4 is 17.6 Å². The monoisotopic (exact) mass is 237 g/mol. The van der Waals surface area contributed by atoms with Gasteiger partial charge in [0, 0.05) is 12.3 Å². The first-order valence-corrected chi connectivity index (χ1v) is 6.78. The molecule has 3 nitrogen and oxygen atoms in total. The summed E-state index contributed by atoms with van der Waals surface area (Å²) < 4.78 is 1.94. The molecule has 0 saturated heterocycles. The van der Waals surface area contributed by atoms with Gasteiger partial charge in [0.1, 0.15) is 11.6 Å². The number of nitrogens with zero attached hydrogens (tertiary/aromatic N) is 2. The third-order valence-corrected chi connectivity index (χ3v) is 3.03. The first kappa shape index (κ1) is 13.0. The maximum atomic E-state index is 6.06.